The number of hydrogen-bond acceptors (Lipinski definition) is 6. The van der Waals surface area contributed by atoms with E-state index in [1.807, 2.05) is 38.4 Å². The minimum absolute atomic E-state index is 0.205. The maximum Gasteiger partial charge on any atom is 0.271 e. The van der Waals surface area contributed by atoms with Gasteiger partial charge in [0, 0.05) is 24.2 Å². The molecule has 2 heterocycles. The first-order valence-corrected chi connectivity index (χ1v) is 11.0. The molecular formula is C22H28N4O3S. The van der Waals surface area contributed by atoms with Gasteiger partial charge in [0.25, 0.3) is 5.91 Å². The minimum Gasteiger partial charge on any atom is -0.493 e. The molecule has 0 radical (unpaired) electrons. The lowest BCUT2D eigenvalue weighted by molar-refractivity contribution is 0.0935. The van der Waals surface area contributed by atoms with Gasteiger partial charge in [0.05, 0.1) is 26.0 Å². The Balaban J connectivity index is 1.64. The standard InChI is InChI=1S/C22H28N4O3S/c1-5-6-7-10-29-19-9-8-16(11-20(19)28-4)15(2)24-21(27)18-14-30-22(25-18)17-12-23-26(3)13-17/h8-9,11-15H,5-7,10H2,1-4H3,(H,24,27). The first-order chi connectivity index (χ1) is 14.5. The van der Waals surface area contributed by atoms with Crippen LogP contribution in [-0.4, -0.2) is 34.4 Å². The molecule has 0 bridgehead atoms. The molecule has 0 saturated heterocycles. The highest BCUT2D eigenvalue weighted by molar-refractivity contribution is 7.13. The number of hydrogen-bond donors (Lipinski definition) is 1. The van der Waals surface area contributed by atoms with E-state index in [9.17, 15) is 4.79 Å². The molecule has 1 aromatic carbocycles. The molecule has 7 nitrogen and oxygen atoms in total. The molecule has 3 aromatic rings. The Labute approximate surface area is 181 Å². The predicted octanol–water partition coefficient (Wildman–Crippen LogP) is 4.61. The maximum atomic E-state index is 12.7. The van der Waals surface area contributed by atoms with Crippen molar-refractivity contribution < 1.29 is 14.3 Å². The van der Waals surface area contributed by atoms with E-state index in [4.69, 9.17) is 9.47 Å². The minimum atomic E-state index is -0.215. The number of ether oxygens (including phenoxy) is 2. The van der Waals surface area contributed by atoms with Crippen LogP contribution in [-0.2, 0) is 7.05 Å². The molecule has 30 heavy (non-hydrogen) atoms. The molecular weight excluding hydrogens is 400 g/mol. The number of carbonyl (C=O) groups excluding carboxylic acids is 1. The summed E-state index contributed by atoms with van der Waals surface area (Å²) in [5.74, 6) is 1.17. The third-order valence-corrected chi connectivity index (χ3v) is 5.62. The van der Waals surface area contributed by atoms with Crippen molar-refractivity contribution >= 4 is 17.2 Å². The van der Waals surface area contributed by atoms with E-state index in [0.29, 0.717) is 18.1 Å². The van der Waals surface area contributed by atoms with Crippen molar-refractivity contribution in [2.75, 3.05) is 13.7 Å². The van der Waals surface area contributed by atoms with Gasteiger partial charge in [-0.3, -0.25) is 9.48 Å². The molecule has 1 N–H and O–H groups in total. The summed E-state index contributed by atoms with van der Waals surface area (Å²) >= 11 is 1.42. The molecule has 2 aromatic heterocycles. The van der Waals surface area contributed by atoms with Crippen molar-refractivity contribution in [2.45, 2.75) is 39.2 Å². The Morgan fingerprint density at radius 1 is 1.30 bits per heavy atom. The summed E-state index contributed by atoms with van der Waals surface area (Å²) in [4.78, 5) is 17.1. The number of unbranched alkanes of at least 4 members (excludes halogenated alkanes) is 2. The lowest BCUT2D eigenvalue weighted by atomic mass is 10.1. The molecule has 0 aliphatic rings. The van der Waals surface area contributed by atoms with Gasteiger partial charge in [0.15, 0.2) is 11.5 Å². The number of carbonyl (C=O) groups is 1. The van der Waals surface area contributed by atoms with Crippen LogP contribution >= 0.6 is 11.3 Å². The van der Waals surface area contributed by atoms with Gasteiger partial charge in [-0.15, -0.1) is 11.3 Å². The fourth-order valence-electron chi connectivity index (χ4n) is 3.00. The molecule has 0 fully saturated rings. The monoisotopic (exact) mass is 428 g/mol. The summed E-state index contributed by atoms with van der Waals surface area (Å²) in [6.07, 6.45) is 6.92. The van der Waals surface area contributed by atoms with Crippen LogP contribution in [0.5, 0.6) is 11.5 Å². The van der Waals surface area contributed by atoms with Crippen molar-refractivity contribution in [1.29, 1.82) is 0 Å². The van der Waals surface area contributed by atoms with Gasteiger partial charge in [-0.2, -0.15) is 5.10 Å². The van der Waals surface area contributed by atoms with Crippen LogP contribution in [0.2, 0.25) is 0 Å². The van der Waals surface area contributed by atoms with E-state index >= 15 is 0 Å². The van der Waals surface area contributed by atoms with Gasteiger partial charge in [0.2, 0.25) is 0 Å². The molecule has 0 aliphatic heterocycles. The summed E-state index contributed by atoms with van der Waals surface area (Å²) < 4.78 is 13.0. The lowest BCUT2D eigenvalue weighted by Gasteiger charge is -2.17. The highest BCUT2D eigenvalue weighted by Gasteiger charge is 2.17. The molecule has 1 amide bonds. The van der Waals surface area contributed by atoms with Crippen LogP contribution < -0.4 is 14.8 Å². The van der Waals surface area contributed by atoms with Crippen LogP contribution in [0.3, 0.4) is 0 Å². The van der Waals surface area contributed by atoms with Gasteiger partial charge < -0.3 is 14.8 Å². The van der Waals surface area contributed by atoms with E-state index in [1.54, 1.807) is 23.4 Å². The summed E-state index contributed by atoms with van der Waals surface area (Å²) in [6.45, 7) is 4.76. The molecule has 0 saturated carbocycles. The maximum absolute atomic E-state index is 12.7. The molecule has 160 valence electrons. The molecule has 1 atom stereocenters. The zero-order chi connectivity index (χ0) is 21.5. The number of rotatable bonds is 10. The number of nitrogens with zero attached hydrogens (tertiary/aromatic N) is 3. The van der Waals surface area contributed by atoms with E-state index < -0.39 is 0 Å². The van der Waals surface area contributed by atoms with Crippen molar-refractivity contribution in [1.82, 2.24) is 20.1 Å². The van der Waals surface area contributed by atoms with Crippen LogP contribution in [0.4, 0.5) is 0 Å². The fourth-order valence-corrected chi connectivity index (χ4v) is 3.78. The number of aryl methyl sites for hydroxylation is 1. The van der Waals surface area contributed by atoms with Crippen LogP contribution in [0.15, 0.2) is 36.0 Å². The van der Waals surface area contributed by atoms with Gasteiger partial charge >= 0.3 is 0 Å². The zero-order valence-electron chi connectivity index (χ0n) is 17.8. The third kappa shape index (κ3) is 5.38. The van der Waals surface area contributed by atoms with Gasteiger partial charge in [0.1, 0.15) is 10.7 Å². The van der Waals surface area contributed by atoms with Crippen LogP contribution in [0.1, 0.15) is 55.2 Å². The second kappa shape index (κ2) is 10.2. The average molecular weight is 429 g/mol. The Hall–Kier alpha value is -2.87. The van der Waals surface area contributed by atoms with Crippen LogP contribution in [0, 0.1) is 0 Å². The van der Waals surface area contributed by atoms with Gasteiger partial charge in [-0.1, -0.05) is 25.8 Å². The normalized spacial score (nSPS) is 11.9. The molecule has 0 spiro atoms. The molecule has 0 aliphatic carbocycles. The van der Waals surface area contributed by atoms with Crippen LogP contribution in [0.25, 0.3) is 10.6 Å². The smallest absolute Gasteiger partial charge is 0.271 e. The summed E-state index contributed by atoms with van der Waals surface area (Å²) in [7, 11) is 3.47. The second-order valence-corrected chi connectivity index (χ2v) is 7.96. The number of methoxy groups -OCH3 is 1. The summed E-state index contributed by atoms with van der Waals surface area (Å²) in [6, 6.07) is 5.54. The first-order valence-electron chi connectivity index (χ1n) is 10.1. The second-order valence-electron chi connectivity index (χ2n) is 7.10. The Kier molecular flexibility index (Phi) is 7.46. The molecule has 8 heteroatoms. The highest BCUT2D eigenvalue weighted by atomic mass is 32.1. The van der Waals surface area contributed by atoms with Crippen molar-refractivity contribution in [2.24, 2.45) is 7.05 Å². The first kappa shape index (κ1) is 21.8. The number of amides is 1. The zero-order valence-corrected chi connectivity index (χ0v) is 18.7. The lowest BCUT2D eigenvalue weighted by Crippen LogP contribution is -2.26. The summed E-state index contributed by atoms with van der Waals surface area (Å²) in [5, 5.41) is 9.68. The quantitative estimate of drug-likeness (QED) is 0.477. The largest absolute Gasteiger partial charge is 0.493 e. The SMILES string of the molecule is CCCCCOc1ccc(C(C)NC(=O)c2csc(-c3cnn(C)c3)n2)cc1OC. The topological polar surface area (TPSA) is 78.3 Å². The number of benzene rings is 1. The average Bonchev–Trinajstić information content (AvgIpc) is 3.40. The number of thiazole rings is 1. The van der Waals surface area contributed by atoms with E-state index in [-0.39, 0.29) is 11.9 Å². The van der Waals surface area contributed by atoms with Gasteiger partial charge in [-0.05, 0) is 31.0 Å². The van der Waals surface area contributed by atoms with E-state index in [0.717, 1.165) is 41.1 Å². The predicted molar refractivity (Wildman–Crippen MR) is 118 cm³/mol. The fraction of sp³-hybridized carbons (Fsp3) is 0.409. The third-order valence-electron chi connectivity index (χ3n) is 4.73. The highest BCUT2D eigenvalue weighted by Crippen LogP contribution is 2.31. The van der Waals surface area contributed by atoms with Gasteiger partial charge in [-0.25, -0.2) is 4.98 Å². The van der Waals surface area contributed by atoms with Crippen molar-refractivity contribution in [3.63, 3.8) is 0 Å². The Morgan fingerprint density at radius 3 is 2.83 bits per heavy atom. The molecule has 3 rings (SSSR count). The Morgan fingerprint density at radius 2 is 2.13 bits per heavy atom. The van der Waals surface area contributed by atoms with Crippen molar-refractivity contribution in [3.05, 3.63) is 47.2 Å². The van der Waals surface area contributed by atoms with Crippen molar-refractivity contribution in [3.8, 4) is 22.1 Å². The molecule has 1 unspecified atom stereocenters. The Bertz CT molecular complexity index is 982. The number of aromatic nitrogens is 3. The van der Waals surface area contributed by atoms with E-state index in [2.05, 4.69) is 22.3 Å². The number of nitrogens with one attached hydrogen (secondary N) is 1. The van der Waals surface area contributed by atoms with E-state index in [1.165, 1.54) is 11.3 Å². The summed E-state index contributed by atoms with van der Waals surface area (Å²) in [5.41, 5.74) is 2.23.